The molecule has 1 heteroatoms. The first-order valence-electron chi connectivity index (χ1n) is 7.33. The molecular formula is C17H27N. The van der Waals surface area contributed by atoms with Crippen LogP contribution in [-0.4, -0.2) is 6.04 Å². The maximum Gasteiger partial charge on any atom is 0.0402 e. The minimum absolute atomic E-state index is 0.647. The highest BCUT2D eigenvalue weighted by Gasteiger charge is 2.27. The lowest BCUT2D eigenvalue weighted by Gasteiger charge is -2.36. The smallest absolute Gasteiger partial charge is 0.0402 e. The molecule has 18 heavy (non-hydrogen) atoms. The van der Waals surface area contributed by atoms with Gasteiger partial charge >= 0.3 is 0 Å². The number of rotatable bonds is 2. The minimum Gasteiger partial charge on any atom is -0.382 e. The quantitative estimate of drug-likeness (QED) is 0.785. The van der Waals surface area contributed by atoms with E-state index in [1.807, 2.05) is 0 Å². The van der Waals surface area contributed by atoms with Crippen molar-refractivity contribution >= 4 is 5.69 Å². The fourth-order valence-electron chi connectivity index (χ4n) is 3.38. The van der Waals surface area contributed by atoms with Gasteiger partial charge in [-0.25, -0.2) is 0 Å². The number of benzene rings is 1. The van der Waals surface area contributed by atoms with Gasteiger partial charge in [0.2, 0.25) is 0 Å². The topological polar surface area (TPSA) is 12.0 Å². The van der Waals surface area contributed by atoms with Crippen molar-refractivity contribution in [2.75, 3.05) is 5.32 Å². The molecule has 0 aromatic heterocycles. The van der Waals surface area contributed by atoms with E-state index in [9.17, 15) is 0 Å². The first-order valence-corrected chi connectivity index (χ1v) is 7.33. The van der Waals surface area contributed by atoms with Crippen LogP contribution in [0.4, 0.5) is 5.69 Å². The lowest BCUT2D eigenvalue weighted by Crippen LogP contribution is -2.35. The van der Waals surface area contributed by atoms with Crippen LogP contribution in [0.3, 0.4) is 0 Å². The molecule has 2 rings (SSSR count). The van der Waals surface area contributed by atoms with Gasteiger partial charge in [-0.3, -0.25) is 0 Å². The predicted molar refractivity (Wildman–Crippen MR) is 80.2 cm³/mol. The highest BCUT2D eigenvalue weighted by molar-refractivity contribution is 5.58. The second-order valence-electron chi connectivity index (χ2n) is 6.29. The van der Waals surface area contributed by atoms with Gasteiger partial charge in [0.1, 0.15) is 0 Å². The van der Waals surface area contributed by atoms with Crippen LogP contribution in [0.25, 0.3) is 0 Å². The summed E-state index contributed by atoms with van der Waals surface area (Å²) in [6.07, 6.45) is 4.08. The van der Waals surface area contributed by atoms with E-state index in [1.165, 1.54) is 41.6 Å². The molecule has 0 aliphatic heterocycles. The fraction of sp³-hybridized carbons (Fsp3) is 0.647. The summed E-state index contributed by atoms with van der Waals surface area (Å²) >= 11 is 0. The zero-order valence-corrected chi connectivity index (χ0v) is 12.5. The summed E-state index contributed by atoms with van der Waals surface area (Å²) in [5.74, 6) is 1.63. The Labute approximate surface area is 112 Å². The molecule has 1 aliphatic carbocycles. The van der Waals surface area contributed by atoms with Crippen LogP contribution >= 0.6 is 0 Å². The molecule has 1 aromatic rings. The van der Waals surface area contributed by atoms with E-state index in [0.29, 0.717) is 6.04 Å². The number of hydrogen-bond acceptors (Lipinski definition) is 1. The summed E-state index contributed by atoms with van der Waals surface area (Å²) in [5, 5.41) is 3.82. The maximum absolute atomic E-state index is 3.82. The maximum atomic E-state index is 3.82. The standard InChI is InChI=1S/C17H27N/c1-11-9-13(3)17(14(4)10-11)18-16-8-6-7-12(2)15(16)5/h9-10,12,15-16,18H,6-8H2,1-5H3. The molecule has 0 spiro atoms. The first kappa shape index (κ1) is 13.5. The van der Waals surface area contributed by atoms with Crippen molar-refractivity contribution in [1.82, 2.24) is 0 Å². The molecule has 1 aliphatic rings. The second kappa shape index (κ2) is 5.34. The molecule has 1 saturated carbocycles. The summed E-state index contributed by atoms with van der Waals surface area (Å²) in [6.45, 7) is 11.4. The van der Waals surface area contributed by atoms with Crippen molar-refractivity contribution < 1.29 is 0 Å². The Kier molecular flexibility index (Phi) is 3.99. The normalized spacial score (nSPS) is 28.2. The van der Waals surface area contributed by atoms with Gasteiger partial charge in [0.05, 0.1) is 0 Å². The van der Waals surface area contributed by atoms with Crippen molar-refractivity contribution in [1.29, 1.82) is 0 Å². The Morgan fingerprint density at radius 1 is 1.00 bits per heavy atom. The summed E-state index contributed by atoms with van der Waals surface area (Å²) < 4.78 is 0. The Bertz CT molecular complexity index is 399. The zero-order valence-electron chi connectivity index (χ0n) is 12.5. The van der Waals surface area contributed by atoms with E-state index >= 15 is 0 Å². The van der Waals surface area contributed by atoms with Gasteiger partial charge in [-0.1, -0.05) is 44.4 Å². The molecule has 100 valence electrons. The van der Waals surface area contributed by atoms with E-state index in [0.717, 1.165) is 11.8 Å². The third kappa shape index (κ3) is 2.71. The van der Waals surface area contributed by atoms with Gasteiger partial charge in [0.15, 0.2) is 0 Å². The van der Waals surface area contributed by atoms with Gasteiger partial charge in [0.25, 0.3) is 0 Å². The summed E-state index contributed by atoms with van der Waals surface area (Å²) in [7, 11) is 0. The van der Waals surface area contributed by atoms with E-state index in [-0.39, 0.29) is 0 Å². The lowest BCUT2D eigenvalue weighted by atomic mass is 9.78. The number of hydrogen-bond donors (Lipinski definition) is 1. The molecular weight excluding hydrogens is 218 g/mol. The number of nitrogens with one attached hydrogen (secondary N) is 1. The lowest BCUT2D eigenvalue weighted by molar-refractivity contribution is 0.253. The summed E-state index contributed by atoms with van der Waals surface area (Å²) in [4.78, 5) is 0. The fourth-order valence-corrected chi connectivity index (χ4v) is 3.38. The largest absolute Gasteiger partial charge is 0.382 e. The Morgan fingerprint density at radius 2 is 1.61 bits per heavy atom. The van der Waals surface area contributed by atoms with Crippen molar-refractivity contribution in [3.8, 4) is 0 Å². The second-order valence-corrected chi connectivity index (χ2v) is 6.29. The number of anilines is 1. The van der Waals surface area contributed by atoms with E-state index in [2.05, 4.69) is 52.1 Å². The van der Waals surface area contributed by atoms with Crippen LogP contribution in [-0.2, 0) is 0 Å². The highest BCUT2D eigenvalue weighted by Crippen LogP contribution is 2.33. The Hall–Kier alpha value is -0.980. The molecule has 3 unspecified atom stereocenters. The van der Waals surface area contributed by atoms with Crippen LogP contribution in [0, 0.1) is 32.6 Å². The molecule has 0 amide bonds. The van der Waals surface area contributed by atoms with Gasteiger partial charge in [-0.2, -0.15) is 0 Å². The van der Waals surface area contributed by atoms with E-state index < -0.39 is 0 Å². The van der Waals surface area contributed by atoms with Crippen molar-refractivity contribution in [3.63, 3.8) is 0 Å². The molecule has 1 fully saturated rings. The molecule has 0 heterocycles. The van der Waals surface area contributed by atoms with Crippen molar-refractivity contribution in [3.05, 3.63) is 28.8 Å². The van der Waals surface area contributed by atoms with Gasteiger partial charge in [0, 0.05) is 11.7 Å². The predicted octanol–water partition coefficient (Wildman–Crippen LogP) is 4.85. The van der Waals surface area contributed by atoms with Gasteiger partial charge in [-0.05, 0) is 50.2 Å². The van der Waals surface area contributed by atoms with Crippen molar-refractivity contribution in [2.45, 2.75) is 59.9 Å². The van der Waals surface area contributed by atoms with Crippen LogP contribution in [0.15, 0.2) is 12.1 Å². The van der Waals surface area contributed by atoms with Gasteiger partial charge in [-0.15, -0.1) is 0 Å². The summed E-state index contributed by atoms with van der Waals surface area (Å²) in [6, 6.07) is 5.22. The molecule has 0 saturated heterocycles. The minimum atomic E-state index is 0.647. The van der Waals surface area contributed by atoms with E-state index in [4.69, 9.17) is 0 Å². The molecule has 0 bridgehead atoms. The van der Waals surface area contributed by atoms with E-state index in [1.54, 1.807) is 0 Å². The Morgan fingerprint density at radius 3 is 2.22 bits per heavy atom. The Balaban J connectivity index is 2.18. The molecule has 1 nitrogen and oxygen atoms in total. The van der Waals surface area contributed by atoms with Crippen LogP contribution in [0.2, 0.25) is 0 Å². The molecule has 1 aromatic carbocycles. The first-order chi connectivity index (χ1) is 8.49. The summed E-state index contributed by atoms with van der Waals surface area (Å²) in [5.41, 5.74) is 5.50. The molecule has 3 atom stereocenters. The molecule has 1 N–H and O–H groups in total. The van der Waals surface area contributed by atoms with Crippen LogP contribution in [0.5, 0.6) is 0 Å². The average molecular weight is 245 g/mol. The molecule has 0 radical (unpaired) electrons. The monoisotopic (exact) mass is 245 g/mol. The van der Waals surface area contributed by atoms with Gasteiger partial charge < -0.3 is 5.32 Å². The average Bonchev–Trinajstić information content (AvgIpc) is 2.28. The van der Waals surface area contributed by atoms with Crippen LogP contribution < -0.4 is 5.32 Å². The van der Waals surface area contributed by atoms with Crippen LogP contribution in [0.1, 0.15) is 49.8 Å². The highest BCUT2D eigenvalue weighted by atomic mass is 14.9. The third-order valence-corrected chi connectivity index (χ3v) is 4.71. The van der Waals surface area contributed by atoms with Crippen molar-refractivity contribution in [2.24, 2.45) is 11.8 Å². The zero-order chi connectivity index (χ0) is 13.3. The third-order valence-electron chi connectivity index (χ3n) is 4.71. The SMILES string of the molecule is Cc1cc(C)c(NC2CCCC(C)C2C)c(C)c1. The number of aryl methyl sites for hydroxylation is 3.